The third-order valence-electron chi connectivity index (χ3n) is 2.28. The van der Waals surface area contributed by atoms with E-state index in [0.29, 0.717) is 12.5 Å². The van der Waals surface area contributed by atoms with Gasteiger partial charge in [-0.1, -0.05) is 13.8 Å². The normalized spacial score (nSPS) is 15.8. The van der Waals surface area contributed by atoms with Gasteiger partial charge in [-0.05, 0) is 12.8 Å². The molecule has 1 heterocycles. The Bertz CT molecular complexity index is 249. The molecule has 0 saturated heterocycles. The van der Waals surface area contributed by atoms with E-state index in [1.807, 2.05) is 25.6 Å². The van der Waals surface area contributed by atoms with Crippen molar-refractivity contribution in [2.45, 2.75) is 32.9 Å². The van der Waals surface area contributed by atoms with Gasteiger partial charge in [-0.2, -0.15) is 0 Å². The molecule has 0 aliphatic carbocycles. The third kappa shape index (κ3) is 3.36. The van der Waals surface area contributed by atoms with Crippen LogP contribution in [0.5, 0.6) is 0 Å². The summed E-state index contributed by atoms with van der Waals surface area (Å²) in [5, 5.41) is 12.9. The maximum absolute atomic E-state index is 9.60. The average Bonchev–Trinajstić information content (AvgIpc) is 2.66. The van der Waals surface area contributed by atoms with Crippen molar-refractivity contribution in [3.8, 4) is 0 Å². The molecule has 0 fully saturated rings. The van der Waals surface area contributed by atoms with Crippen LogP contribution in [-0.2, 0) is 0 Å². The molecule has 2 unspecified atom stereocenters. The highest BCUT2D eigenvalue weighted by Crippen LogP contribution is 2.16. The standard InChI is InChI=1S/C10H18N2OS/c1-7(2)9(13)4-12-8(3)10-5-11-6-14-10/h5-9,12-13H,4H2,1-3H3. The van der Waals surface area contributed by atoms with Crippen LogP contribution in [0.1, 0.15) is 31.7 Å². The molecule has 0 saturated carbocycles. The number of hydrogen-bond donors (Lipinski definition) is 2. The second kappa shape index (κ2) is 5.44. The molecule has 0 aliphatic heterocycles. The SMILES string of the molecule is CC(NCC(O)C(C)C)c1cncs1. The van der Waals surface area contributed by atoms with Crippen molar-refractivity contribution >= 4 is 11.3 Å². The number of nitrogens with one attached hydrogen (secondary N) is 1. The zero-order valence-electron chi connectivity index (χ0n) is 8.90. The van der Waals surface area contributed by atoms with Crippen LogP contribution in [0.3, 0.4) is 0 Å². The second-order valence-electron chi connectivity index (χ2n) is 3.85. The Morgan fingerprint density at radius 1 is 1.50 bits per heavy atom. The van der Waals surface area contributed by atoms with E-state index in [1.54, 1.807) is 11.3 Å². The second-order valence-corrected chi connectivity index (χ2v) is 4.76. The molecule has 3 nitrogen and oxygen atoms in total. The van der Waals surface area contributed by atoms with Crippen molar-refractivity contribution < 1.29 is 5.11 Å². The predicted molar refractivity (Wildman–Crippen MR) is 59.4 cm³/mol. The highest BCUT2D eigenvalue weighted by Gasteiger charge is 2.12. The Morgan fingerprint density at radius 3 is 2.71 bits per heavy atom. The summed E-state index contributed by atoms with van der Waals surface area (Å²) in [6, 6.07) is 0.274. The first-order valence-electron chi connectivity index (χ1n) is 4.91. The number of hydrogen-bond acceptors (Lipinski definition) is 4. The van der Waals surface area contributed by atoms with Crippen LogP contribution in [-0.4, -0.2) is 22.7 Å². The van der Waals surface area contributed by atoms with Crippen LogP contribution in [0.15, 0.2) is 11.7 Å². The minimum Gasteiger partial charge on any atom is -0.392 e. The molecule has 0 amide bonds. The molecule has 14 heavy (non-hydrogen) atoms. The fourth-order valence-electron chi connectivity index (χ4n) is 1.07. The smallest absolute Gasteiger partial charge is 0.0794 e. The minimum absolute atomic E-state index is 0.273. The summed E-state index contributed by atoms with van der Waals surface area (Å²) in [6.07, 6.45) is 1.59. The molecule has 80 valence electrons. The highest BCUT2D eigenvalue weighted by molar-refractivity contribution is 7.09. The molecule has 0 radical (unpaired) electrons. The van der Waals surface area contributed by atoms with Gasteiger partial charge in [0.2, 0.25) is 0 Å². The molecule has 1 aromatic rings. The first-order valence-corrected chi connectivity index (χ1v) is 5.79. The molecule has 0 spiro atoms. The molecule has 1 rings (SSSR count). The number of thiazole rings is 1. The molecular formula is C10H18N2OS. The number of aliphatic hydroxyl groups excluding tert-OH is 1. The van der Waals surface area contributed by atoms with E-state index in [2.05, 4.69) is 17.2 Å². The van der Waals surface area contributed by atoms with Gasteiger partial charge in [0, 0.05) is 23.7 Å². The van der Waals surface area contributed by atoms with Gasteiger partial charge in [-0.25, -0.2) is 0 Å². The average molecular weight is 214 g/mol. The largest absolute Gasteiger partial charge is 0.392 e. The van der Waals surface area contributed by atoms with Gasteiger partial charge in [-0.15, -0.1) is 11.3 Å². The summed E-state index contributed by atoms with van der Waals surface area (Å²) in [5.74, 6) is 0.302. The first-order chi connectivity index (χ1) is 6.61. The lowest BCUT2D eigenvalue weighted by molar-refractivity contribution is 0.121. The lowest BCUT2D eigenvalue weighted by Gasteiger charge is -2.18. The zero-order valence-corrected chi connectivity index (χ0v) is 9.71. The monoisotopic (exact) mass is 214 g/mol. The van der Waals surface area contributed by atoms with E-state index in [9.17, 15) is 5.11 Å². The minimum atomic E-state index is -0.273. The van der Waals surface area contributed by atoms with Crippen molar-refractivity contribution in [2.24, 2.45) is 5.92 Å². The van der Waals surface area contributed by atoms with E-state index < -0.39 is 0 Å². The Kier molecular flexibility index (Phi) is 4.51. The van der Waals surface area contributed by atoms with Crippen LogP contribution < -0.4 is 5.32 Å². The molecule has 2 N–H and O–H groups in total. The summed E-state index contributed by atoms with van der Waals surface area (Å²) in [5.41, 5.74) is 1.83. The predicted octanol–water partition coefficient (Wildman–Crippen LogP) is 1.81. The quantitative estimate of drug-likeness (QED) is 0.785. The van der Waals surface area contributed by atoms with Crippen molar-refractivity contribution in [1.29, 1.82) is 0 Å². The molecule has 0 aromatic carbocycles. The lowest BCUT2D eigenvalue weighted by atomic mass is 10.1. The topological polar surface area (TPSA) is 45.1 Å². The van der Waals surface area contributed by atoms with Gasteiger partial charge in [0.05, 0.1) is 11.6 Å². The number of aromatic nitrogens is 1. The van der Waals surface area contributed by atoms with Crippen LogP contribution >= 0.6 is 11.3 Å². The van der Waals surface area contributed by atoms with Crippen LogP contribution in [0, 0.1) is 5.92 Å². The highest BCUT2D eigenvalue weighted by atomic mass is 32.1. The number of nitrogens with zero attached hydrogens (tertiary/aromatic N) is 1. The summed E-state index contributed by atoms with van der Waals surface area (Å²) in [7, 11) is 0. The van der Waals surface area contributed by atoms with Crippen molar-refractivity contribution in [3.05, 3.63) is 16.6 Å². The molecule has 1 aromatic heterocycles. The fourth-order valence-corrected chi connectivity index (χ4v) is 1.73. The molecule has 0 aliphatic rings. The van der Waals surface area contributed by atoms with Crippen molar-refractivity contribution in [3.63, 3.8) is 0 Å². The first kappa shape index (κ1) is 11.6. The van der Waals surface area contributed by atoms with Gasteiger partial charge in [-0.3, -0.25) is 4.98 Å². The fraction of sp³-hybridized carbons (Fsp3) is 0.700. The Balaban J connectivity index is 2.32. The molecule has 2 atom stereocenters. The Hall–Kier alpha value is -0.450. The number of rotatable bonds is 5. The van der Waals surface area contributed by atoms with Crippen molar-refractivity contribution in [1.82, 2.24) is 10.3 Å². The van der Waals surface area contributed by atoms with E-state index in [4.69, 9.17) is 0 Å². The Morgan fingerprint density at radius 2 is 2.21 bits per heavy atom. The van der Waals surface area contributed by atoms with E-state index in [0.717, 1.165) is 0 Å². The van der Waals surface area contributed by atoms with Gasteiger partial charge in [0.1, 0.15) is 0 Å². The lowest BCUT2D eigenvalue weighted by Crippen LogP contribution is -2.31. The maximum atomic E-state index is 9.60. The molecular weight excluding hydrogens is 196 g/mol. The van der Waals surface area contributed by atoms with Gasteiger partial charge in [0.15, 0.2) is 0 Å². The Labute approximate surface area is 89.2 Å². The van der Waals surface area contributed by atoms with Crippen LogP contribution in [0.2, 0.25) is 0 Å². The summed E-state index contributed by atoms with van der Waals surface area (Å²) in [6.45, 7) is 6.75. The zero-order chi connectivity index (χ0) is 10.6. The van der Waals surface area contributed by atoms with Crippen LogP contribution in [0.25, 0.3) is 0 Å². The van der Waals surface area contributed by atoms with E-state index >= 15 is 0 Å². The van der Waals surface area contributed by atoms with E-state index in [-0.39, 0.29) is 12.1 Å². The molecule has 4 heteroatoms. The van der Waals surface area contributed by atoms with E-state index in [1.165, 1.54) is 4.88 Å². The van der Waals surface area contributed by atoms with Crippen LogP contribution in [0.4, 0.5) is 0 Å². The third-order valence-corrected chi connectivity index (χ3v) is 3.24. The van der Waals surface area contributed by atoms with Crippen molar-refractivity contribution in [2.75, 3.05) is 6.54 Å². The maximum Gasteiger partial charge on any atom is 0.0794 e. The molecule has 0 bridgehead atoms. The van der Waals surface area contributed by atoms with Gasteiger partial charge < -0.3 is 10.4 Å². The number of aliphatic hydroxyl groups is 1. The summed E-state index contributed by atoms with van der Waals surface area (Å²) < 4.78 is 0. The van der Waals surface area contributed by atoms with Gasteiger partial charge in [0.25, 0.3) is 0 Å². The van der Waals surface area contributed by atoms with Gasteiger partial charge >= 0.3 is 0 Å². The summed E-state index contributed by atoms with van der Waals surface area (Å²) in [4.78, 5) is 5.23. The summed E-state index contributed by atoms with van der Waals surface area (Å²) >= 11 is 1.64.